The van der Waals surface area contributed by atoms with Crippen LogP contribution in [0.4, 0.5) is 0 Å². The Kier molecular flexibility index (Phi) is 5.64. The van der Waals surface area contributed by atoms with Crippen LogP contribution >= 0.6 is 0 Å². The highest BCUT2D eigenvalue weighted by Gasteiger charge is 2.43. The van der Waals surface area contributed by atoms with Gasteiger partial charge in [-0.1, -0.05) is 32.4 Å². The van der Waals surface area contributed by atoms with E-state index in [1.54, 1.807) is 18.2 Å². The van der Waals surface area contributed by atoms with Crippen LogP contribution in [0, 0.1) is 11.3 Å². The van der Waals surface area contributed by atoms with Crippen LogP contribution < -0.4 is 10.1 Å². The van der Waals surface area contributed by atoms with Gasteiger partial charge >= 0.3 is 5.97 Å². The molecule has 2 rings (SSSR count). The van der Waals surface area contributed by atoms with Gasteiger partial charge in [0.1, 0.15) is 5.75 Å². The third-order valence-corrected chi connectivity index (χ3v) is 4.31. The summed E-state index contributed by atoms with van der Waals surface area (Å²) >= 11 is 0. The van der Waals surface area contributed by atoms with Crippen molar-refractivity contribution < 1.29 is 19.4 Å². The molecule has 1 fully saturated rings. The predicted octanol–water partition coefficient (Wildman–Crippen LogP) is 2.98. The Morgan fingerprint density at radius 3 is 2.65 bits per heavy atom. The summed E-state index contributed by atoms with van der Waals surface area (Å²) in [4.78, 5) is 23.1. The summed E-state index contributed by atoms with van der Waals surface area (Å²) in [6.07, 6.45) is 4.00. The predicted molar refractivity (Wildman–Crippen MR) is 87.2 cm³/mol. The van der Waals surface area contributed by atoms with Crippen LogP contribution in [0.3, 0.4) is 0 Å². The molecule has 0 aliphatic heterocycles. The summed E-state index contributed by atoms with van der Waals surface area (Å²) in [5.74, 6) is 0.132. The number of carbonyl (C=O) groups is 2. The van der Waals surface area contributed by atoms with Crippen LogP contribution in [-0.4, -0.2) is 23.6 Å². The normalized spacial score (nSPS) is 15.8. The van der Waals surface area contributed by atoms with Crippen molar-refractivity contribution in [3.8, 4) is 5.75 Å². The second-order valence-corrected chi connectivity index (χ2v) is 6.74. The van der Waals surface area contributed by atoms with E-state index in [-0.39, 0.29) is 17.9 Å². The van der Waals surface area contributed by atoms with Crippen LogP contribution in [0.2, 0.25) is 0 Å². The van der Waals surface area contributed by atoms with E-state index in [0.29, 0.717) is 18.2 Å². The van der Waals surface area contributed by atoms with Crippen molar-refractivity contribution in [3.63, 3.8) is 0 Å². The summed E-state index contributed by atoms with van der Waals surface area (Å²) in [6, 6.07) is 7.16. The first-order valence-corrected chi connectivity index (χ1v) is 8.13. The van der Waals surface area contributed by atoms with Gasteiger partial charge in [-0.25, -0.2) is 4.79 Å². The maximum atomic E-state index is 12.5. The van der Waals surface area contributed by atoms with Gasteiger partial charge in [-0.2, -0.15) is 0 Å². The maximum absolute atomic E-state index is 12.5. The van der Waals surface area contributed by atoms with E-state index >= 15 is 0 Å². The van der Waals surface area contributed by atoms with Crippen molar-refractivity contribution >= 4 is 11.9 Å². The molecule has 0 spiro atoms. The van der Waals surface area contributed by atoms with Crippen molar-refractivity contribution in [2.24, 2.45) is 11.3 Å². The van der Waals surface area contributed by atoms with Crippen molar-refractivity contribution in [2.75, 3.05) is 6.61 Å². The van der Waals surface area contributed by atoms with E-state index < -0.39 is 5.97 Å². The number of carbonyl (C=O) groups excluding carboxylic acids is 1. The second-order valence-electron chi connectivity index (χ2n) is 6.74. The van der Waals surface area contributed by atoms with E-state index in [4.69, 9.17) is 9.84 Å². The van der Waals surface area contributed by atoms with E-state index in [2.05, 4.69) is 19.2 Å². The highest BCUT2D eigenvalue weighted by Crippen LogP contribution is 2.46. The summed E-state index contributed by atoms with van der Waals surface area (Å²) in [6.45, 7) is 4.36. The third kappa shape index (κ3) is 4.71. The van der Waals surface area contributed by atoms with Crippen molar-refractivity contribution in [2.45, 2.75) is 46.1 Å². The van der Waals surface area contributed by atoms with Gasteiger partial charge < -0.3 is 15.2 Å². The number of carboxylic acid groups (broad SMARTS) is 1. The molecule has 126 valence electrons. The van der Waals surface area contributed by atoms with E-state index in [0.717, 1.165) is 31.2 Å². The van der Waals surface area contributed by atoms with Crippen molar-refractivity contribution in [1.29, 1.82) is 0 Å². The van der Waals surface area contributed by atoms with Crippen LogP contribution in [-0.2, 0) is 16.1 Å². The zero-order valence-corrected chi connectivity index (χ0v) is 13.8. The Hall–Kier alpha value is -2.04. The number of hydrogen-bond acceptors (Lipinski definition) is 3. The number of ether oxygens (including phenoxy) is 1. The number of amides is 1. The number of benzene rings is 1. The largest absolute Gasteiger partial charge is 0.482 e. The van der Waals surface area contributed by atoms with Gasteiger partial charge in [-0.15, -0.1) is 0 Å². The molecule has 0 heterocycles. The molecule has 1 aliphatic rings. The molecule has 0 atom stereocenters. The minimum Gasteiger partial charge on any atom is -0.482 e. The molecular weight excluding hydrogens is 294 g/mol. The Labute approximate surface area is 137 Å². The average Bonchev–Trinajstić information content (AvgIpc) is 2.46. The number of rotatable bonds is 8. The molecule has 5 nitrogen and oxygen atoms in total. The highest BCUT2D eigenvalue weighted by atomic mass is 16.5. The molecule has 2 N–H and O–H groups in total. The first-order chi connectivity index (χ1) is 10.9. The summed E-state index contributed by atoms with van der Waals surface area (Å²) < 4.78 is 5.15. The summed E-state index contributed by atoms with van der Waals surface area (Å²) in [5.41, 5.74) is 0.714. The molecule has 5 heteroatoms. The Morgan fingerprint density at radius 2 is 2.09 bits per heavy atom. The lowest BCUT2D eigenvalue weighted by Gasteiger charge is -2.41. The minimum absolute atomic E-state index is 0.134. The fourth-order valence-electron chi connectivity index (χ4n) is 3.17. The molecule has 0 aromatic heterocycles. The van der Waals surface area contributed by atoms with Gasteiger partial charge in [0, 0.05) is 12.0 Å². The lowest BCUT2D eigenvalue weighted by atomic mass is 9.64. The lowest BCUT2D eigenvalue weighted by molar-refractivity contribution is -0.139. The zero-order valence-electron chi connectivity index (χ0n) is 13.8. The van der Waals surface area contributed by atoms with E-state index in [9.17, 15) is 9.59 Å². The molecule has 1 saturated carbocycles. The van der Waals surface area contributed by atoms with Gasteiger partial charge in [0.15, 0.2) is 6.61 Å². The highest BCUT2D eigenvalue weighted by molar-refractivity contribution is 5.83. The molecule has 23 heavy (non-hydrogen) atoms. The fourth-order valence-corrected chi connectivity index (χ4v) is 3.17. The quantitative estimate of drug-likeness (QED) is 0.772. The van der Waals surface area contributed by atoms with Crippen LogP contribution in [0.15, 0.2) is 24.3 Å². The maximum Gasteiger partial charge on any atom is 0.341 e. The van der Waals surface area contributed by atoms with Crippen molar-refractivity contribution in [3.05, 3.63) is 29.8 Å². The lowest BCUT2D eigenvalue weighted by Crippen LogP contribution is -2.46. The zero-order chi connectivity index (χ0) is 16.9. The molecule has 0 bridgehead atoms. The Bertz CT molecular complexity index is 564. The van der Waals surface area contributed by atoms with Gasteiger partial charge in [0.25, 0.3) is 0 Å². The molecular formula is C18H25NO4. The standard InChI is InChI=1S/C18H25NO4/c1-13(2)10-18(7-4-8-18)17(22)19-11-14-5-3-6-15(9-14)23-12-16(20)21/h3,5-6,9,13H,4,7-8,10-12H2,1-2H3,(H,19,22)(H,20,21). The molecule has 1 aliphatic carbocycles. The van der Waals surface area contributed by atoms with Crippen LogP contribution in [0.1, 0.15) is 45.1 Å². The topological polar surface area (TPSA) is 75.6 Å². The Morgan fingerprint density at radius 1 is 1.35 bits per heavy atom. The third-order valence-electron chi connectivity index (χ3n) is 4.31. The molecule has 1 amide bonds. The molecule has 1 aromatic rings. The SMILES string of the molecule is CC(C)CC1(C(=O)NCc2cccc(OCC(=O)O)c2)CCC1. The van der Waals surface area contributed by atoms with Gasteiger partial charge in [-0.05, 0) is 42.9 Å². The first kappa shape index (κ1) is 17.3. The average molecular weight is 319 g/mol. The molecule has 0 unspecified atom stereocenters. The molecule has 0 saturated heterocycles. The smallest absolute Gasteiger partial charge is 0.341 e. The number of carboxylic acids is 1. The summed E-state index contributed by atoms with van der Waals surface area (Å²) in [5, 5.41) is 11.7. The number of aliphatic carboxylic acids is 1. The van der Waals surface area contributed by atoms with Crippen molar-refractivity contribution in [1.82, 2.24) is 5.32 Å². The van der Waals surface area contributed by atoms with E-state index in [1.165, 1.54) is 0 Å². The fraction of sp³-hybridized carbons (Fsp3) is 0.556. The Balaban J connectivity index is 1.91. The van der Waals surface area contributed by atoms with Crippen LogP contribution in [0.25, 0.3) is 0 Å². The molecule has 1 aromatic carbocycles. The van der Waals surface area contributed by atoms with Gasteiger partial charge in [0.05, 0.1) is 0 Å². The first-order valence-electron chi connectivity index (χ1n) is 8.13. The molecule has 0 radical (unpaired) electrons. The van der Waals surface area contributed by atoms with E-state index in [1.807, 2.05) is 6.07 Å². The number of hydrogen-bond donors (Lipinski definition) is 2. The van der Waals surface area contributed by atoms with Crippen LogP contribution in [0.5, 0.6) is 5.75 Å². The number of nitrogens with one attached hydrogen (secondary N) is 1. The second kappa shape index (κ2) is 7.49. The van der Waals surface area contributed by atoms with Gasteiger partial charge in [-0.3, -0.25) is 4.79 Å². The summed E-state index contributed by atoms with van der Waals surface area (Å²) in [7, 11) is 0. The van der Waals surface area contributed by atoms with Gasteiger partial charge in [0.2, 0.25) is 5.91 Å². The monoisotopic (exact) mass is 319 g/mol. The minimum atomic E-state index is -1.01.